The van der Waals surface area contributed by atoms with E-state index in [0.29, 0.717) is 19.5 Å². The number of halogens is 1. The van der Waals surface area contributed by atoms with Crippen LogP contribution in [0.3, 0.4) is 0 Å². The van der Waals surface area contributed by atoms with Crippen LogP contribution in [0.15, 0.2) is 35.7 Å². The largest absolute Gasteiger partial charge is 0.469 e. The molecule has 0 saturated heterocycles. The van der Waals surface area contributed by atoms with E-state index in [2.05, 4.69) is 20.9 Å². The van der Waals surface area contributed by atoms with Crippen LogP contribution in [0.2, 0.25) is 0 Å². The van der Waals surface area contributed by atoms with Crippen molar-refractivity contribution in [2.24, 2.45) is 0 Å². The summed E-state index contributed by atoms with van der Waals surface area (Å²) in [5.74, 6) is -0.456. The van der Waals surface area contributed by atoms with Crippen molar-refractivity contribution in [1.82, 2.24) is 9.55 Å². The van der Waals surface area contributed by atoms with E-state index in [1.807, 2.05) is 19.2 Å². The number of hydrogen-bond acceptors (Lipinski definition) is 5. The minimum Gasteiger partial charge on any atom is -0.469 e. The molecular weight excluding hydrogens is 365 g/mol. The Morgan fingerprint density at radius 1 is 1.30 bits per heavy atom. The van der Waals surface area contributed by atoms with Crippen LogP contribution >= 0.6 is 11.3 Å². The van der Waals surface area contributed by atoms with Gasteiger partial charge in [0.05, 0.1) is 19.2 Å². The number of aryl methyl sites for hydroxylation is 1. The number of methoxy groups -OCH3 is 1. The molecule has 0 amide bonds. The molecule has 0 fully saturated rings. The first-order valence-corrected chi connectivity index (χ1v) is 9.53. The van der Waals surface area contributed by atoms with Crippen molar-refractivity contribution in [1.29, 1.82) is 0 Å². The fraction of sp³-hybridized carbons (Fsp3) is 0.300. The number of benzene rings is 1. The molecule has 1 aromatic carbocycles. The molecule has 0 aliphatic carbocycles. The quantitative estimate of drug-likeness (QED) is 0.605. The summed E-state index contributed by atoms with van der Waals surface area (Å²) in [7, 11) is 1.40. The SMILES string of the molecule is COC(=O)CCn1c(C)cc(-c2csc(NCc3ccc(F)cc3)n2)c1C. The third-order valence-electron chi connectivity index (χ3n) is 4.48. The van der Waals surface area contributed by atoms with Crippen LogP contribution in [-0.2, 0) is 22.6 Å². The lowest BCUT2D eigenvalue weighted by atomic mass is 10.2. The highest BCUT2D eigenvalue weighted by Gasteiger charge is 2.14. The number of nitrogens with one attached hydrogen (secondary N) is 1. The Labute approximate surface area is 161 Å². The summed E-state index contributed by atoms with van der Waals surface area (Å²) in [5.41, 5.74) is 5.11. The van der Waals surface area contributed by atoms with Gasteiger partial charge in [-0.2, -0.15) is 0 Å². The maximum atomic E-state index is 13.0. The van der Waals surface area contributed by atoms with Gasteiger partial charge in [0, 0.05) is 35.4 Å². The van der Waals surface area contributed by atoms with Gasteiger partial charge in [0.2, 0.25) is 0 Å². The maximum Gasteiger partial charge on any atom is 0.307 e. The summed E-state index contributed by atoms with van der Waals surface area (Å²) in [6, 6.07) is 8.50. The number of hydrogen-bond donors (Lipinski definition) is 1. The van der Waals surface area contributed by atoms with Crippen LogP contribution in [0.5, 0.6) is 0 Å². The predicted molar refractivity (Wildman–Crippen MR) is 105 cm³/mol. The monoisotopic (exact) mass is 387 g/mol. The number of carbonyl (C=O) groups excluding carboxylic acids is 1. The molecule has 0 atom stereocenters. The van der Waals surface area contributed by atoms with E-state index < -0.39 is 0 Å². The molecule has 3 rings (SSSR count). The number of thiazole rings is 1. The summed E-state index contributed by atoms with van der Waals surface area (Å²) in [4.78, 5) is 16.1. The summed E-state index contributed by atoms with van der Waals surface area (Å²) < 4.78 is 19.8. The first-order valence-electron chi connectivity index (χ1n) is 8.65. The average molecular weight is 387 g/mol. The van der Waals surface area contributed by atoms with Crippen molar-refractivity contribution in [3.05, 3.63) is 58.5 Å². The van der Waals surface area contributed by atoms with Crippen molar-refractivity contribution in [3.63, 3.8) is 0 Å². The highest BCUT2D eigenvalue weighted by atomic mass is 32.1. The zero-order valence-corrected chi connectivity index (χ0v) is 16.4. The molecule has 5 nitrogen and oxygen atoms in total. The van der Waals surface area contributed by atoms with Gasteiger partial charge in [0.25, 0.3) is 0 Å². The second-order valence-electron chi connectivity index (χ2n) is 6.28. The van der Waals surface area contributed by atoms with E-state index in [1.165, 1.54) is 30.6 Å². The molecule has 0 spiro atoms. The molecule has 7 heteroatoms. The Morgan fingerprint density at radius 3 is 2.74 bits per heavy atom. The number of nitrogens with zero attached hydrogens (tertiary/aromatic N) is 2. The van der Waals surface area contributed by atoms with Crippen molar-refractivity contribution in [2.45, 2.75) is 33.4 Å². The Balaban J connectivity index is 1.70. The summed E-state index contributed by atoms with van der Waals surface area (Å²) in [6.07, 6.45) is 0.341. The predicted octanol–water partition coefficient (Wildman–Crippen LogP) is 4.54. The summed E-state index contributed by atoms with van der Waals surface area (Å²) in [6.45, 7) is 5.23. The van der Waals surface area contributed by atoms with E-state index in [9.17, 15) is 9.18 Å². The molecule has 1 N–H and O–H groups in total. The minimum absolute atomic E-state index is 0.218. The van der Waals surface area contributed by atoms with Gasteiger partial charge in [-0.3, -0.25) is 4.79 Å². The van der Waals surface area contributed by atoms with Gasteiger partial charge in [-0.05, 0) is 37.6 Å². The van der Waals surface area contributed by atoms with Gasteiger partial charge in [0.1, 0.15) is 5.82 Å². The van der Waals surface area contributed by atoms with Crippen molar-refractivity contribution >= 4 is 22.4 Å². The van der Waals surface area contributed by atoms with Gasteiger partial charge in [-0.15, -0.1) is 11.3 Å². The molecule has 0 unspecified atom stereocenters. The molecule has 0 bridgehead atoms. The van der Waals surface area contributed by atoms with Crippen LogP contribution in [-0.4, -0.2) is 22.6 Å². The second-order valence-corrected chi connectivity index (χ2v) is 7.14. The highest BCUT2D eigenvalue weighted by Crippen LogP contribution is 2.30. The molecule has 27 heavy (non-hydrogen) atoms. The third kappa shape index (κ3) is 4.54. The number of carbonyl (C=O) groups is 1. The molecule has 3 aromatic rings. The summed E-state index contributed by atoms with van der Waals surface area (Å²) >= 11 is 1.53. The van der Waals surface area contributed by atoms with Crippen molar-refractivity contribution in [3.8, 4) is 11.3 Å². The van der Waals surface area contributed by atoms with Crippen LogP contribution in [0, 0.1) is 19.7 Å². The lowest BCUT2D eigenvalue weighted by Gasteiger charge is -2.08. The topological polar surface area (TPSA) is 56.1 Å². The number of anilines is 1. The van der Waals surface area contributed by atoms with E-state index >= 15 is 0 Å². The number of ether oxygens (including phenoxy) is 1. The lowest BCUT2D eigenvalue weighted by molar-refractivity contribution is -0.140. The van der Waals surface area contributed by atoms with Crippen molar-refractivity contribution in [2.75, 3.05) is 12.4 Å². The molecule has 2 aromatic heterocycles. The standard InChI is InChI=1S/C20H22FN3O2S/c1-13-10-17(14(2)24(13)9-8-19(25)26-3)18-12-27-20(23-18)22-11-15-4-6-16(21)7-5-15/h4-7,10,12H,8-9,11H2,1-3H3,(H,22,23). The van der Waals surface area contributed by atoms with E-state index in [1.54, 1.807) is 12.1 Å². The van der Waals surface area contributed by atoms with Crippen molar-refractivity contribution < 1.29 is 13.9 Å². The third-order valence-corrected chi connectivity index (χ3v) is 5.28. The Bertz CT molecular complexity index is 931. The minimum atomic E-state index is -0.238. The first-order chi connectivity index (χ1) is 13.0. The van der Waals surface area contributed by atoms with Gasteiger partial charge >= 0.3 is 5.97 Å². The van der Waals surface area contributed by atoms with Crippen LogP contribution in [0.25, 0.3) is 11.3 Å². The zero-order chi connectivity index (χ0) is 19.4. The Kier molecular flexibility index (Phi) is 5.91. The fourth-order valence-electron chi connectivity index (χ4n) is 2.97. The molecule has 2 heterocycles. The van der Waals surface area contributed by atoms with Gasteiger partial charge in [-0.25, -0.2) is 9.37 Å². The van der Waals surface area contributed by atoms with E-state index in [4.69, 9.17) is 4.74 Å². The molecule has 0 radical (unpaired) electrons. The normalized spacial score (nSPS) is 10.8. The van der Waals surface area contributed by atoms with Crippen LogP contribution in [0.4, 0.5) is 9.52 Å². The summed E-state index contributed by atoms with van der Waals surface area (Å²) in [5, 5.41) is 6.10. The van der Waals surface area contributed by atoms with Gasteiger partial charge in [0.15, 0.2) is 5.13 Å². The smallest absolute Gasteiger partial charge is 0.307 e. The highest BCUT2D eigenvalue weighted by molar-refractivity contribution is 7.14. The second kappa shape index (κ2) is 8.35. The van der Waals surface area contributed by atoms with E-state index in [-0.39, 0.29) is 11.8 Å². The lowest BCUT2D eigenvalue weighted by Crippen LogP contribution is -2.09. The Hall–Kier alpha value is -2.67. The molecule has 142 valence electrons. The fourth-order valence-corrected chi connectivity index (χ4v) is 3.68. The first kappa shape index (κ1) is 19.1. The van der Waals surface area contributed by atoms with Gasteiger partial charge in [-0.1, -0.05) is 12.1 Å². The molecular formula is C20H22FN3O2S. The number of rotatable bonds is 7. The molecule has 0 aliphatic rings. The van der Waals surface area contributed by atoms with Gasteiger partial charge < -0.3 is 14.6 Å². The number of esters is 1. The Morgan fingerprint density at radius 2 is 2.04 bits per heavy atom. The average Bonchev–Trinajstić information content (AvgIpc) is 3.24. The molecule has 0 saturated carbocycles. The molecule has 0 aliphatic heterocycles. The number of aromatic nitrogens is 2. The van der Waals surface area contributed by atoms with E-state index in [0.717, 1.165) is 33.3 Å². The van der Waals surface area contributed by atoms with Crippen LogP contribution in [0.1, 0.15) is 23.4 Å². The van der Waals surface area contributed by atoms with Crippen LogP contribution < -0.4 is 5.32 Å². The maximum absolute atomic E-state index is 13.0. The zero-order valence-electron chi connectivity index (χ0n) is 15.6.